The molecule has 10 heterocycles. The third-order valence-corrected chi connectivity index (χ3v) is 22.2. The van der Waals surface area contributed by atoms with Crippen LogP contribution < -0.4 is 45.0 Å². The van der Waals surface area contributed by atoms with Crippen molar-refractivity contribution < 1.29 is 51.0 Å². The van der Waals surface area contributed by atoms with Crippen LogP contribution in [-0.2, 0) is 33.4 Å². The Balaban J connectivity index is 0.000000147. The lowest BCUT2D eigenvalue weighted by molar-refractivity contribution is -0.140. The van der Waals surface area contributed by atoms with Crippen molar-refractivity contribution in [3.05, 3.63) is 233 Å². The molecule has 0 bridgehead atoms. The fraction of sp³-hybridized carbons (Fsp3) is 0.187. The average Bonchev–Trinajstić information content (AvgIpc) is 1.66. The highest BCUT2D eigenvalue weighted by Gasteiger charge is 2.25. The minimum atomic E-state index is -0.554. The lowest BCUT2D eigenvalue weighted by atomic mass is 10.2. The zero-order chi connectivity index (χ0) is 86.3. The minimum Gasteiger partial charge on any atom is -0.468 e. The van der Waals surface area contributed by atoms with Gasteiger partial charge >= 0.3 is 11.9 Å². The Morgan fingerprint density at radius 2 is 0.658 bits per heavy atom. The summed E-state index contributed by atoms with van der Waals surface area (Å²) in [5.74, 6) is -4.01. The second-order valence-electron chi connectivity index (χ2n) is 25.0. The number of thioether (sulfide) groups is 5. The van der Waals surface area contributed by atoms with Gasteiger partial charge in [-0.25, -0.2) is 65.9 Å². The topological polar surface area (TPSA) is 524 Å². The van der Waals surface area contributed by atoms with E-state index in [9.17, 15) is 65.5 Å². The van der Waals surface area contributed by atoms with Crippen molar-refractivity contribution in [1.29, 1.82) is 5.26 Å². The first-order chi connectivity index (χ1) is 57.5. The van der Waals surface area contributed by atoms with Crippen molar-refractivity contribution >= 4 is 144 Å². The number of hydrogen-bond donors (Lipinski definition) is 8. The number of nitrogens with one attached hydrogen (secondary N) is 5. The van der Waals surface area contributed by atoms with Crippen LogP contribution in [0.5, 0.6) is 0 Å². The summed E-state index contributed by atoms with van der Waals surface area (Å²) in [5.41, 5.74) is 18.3. The Morgan fingerprint density at radius 1 is 0.392 bits per heavy atom. The van der Waals surface area contributed by atoms with Gasteiger partial charge in [-0.1, -0.05) is 96.9 Å². The predicted molar refractivity (Wildman–Crippen MR) is 439 cm³/mol. The van der Waals surface area contributed by atoms with E-state index >= 15 is 0 Å². The molecule has 15 rings (SSSR count). The number of primary amides is 3. The van der Waals surface area contributed by atoms with Crippen molar-refractivity contribution in [3.63, 3.8) is 0 Å². The molecule has 0 saturated carbocycles. The number of esters is 2. The van der Waals surface area contributed by atoms with Gasteiger partial charge in [0, 0.05) is 0 Å². The van der Waals surface area contributed by atoms with Crippen LogP contribution >= 0.6 is 58.8 Å². The number of amides is 3. The second kappa shape index (κ2) is 38.9. The summed E-state index contributed by atoms with van der Waals surface area (Å²) in [7, 11) is 2.60. The van der Waals surface area contributed by atoms with E-state index in [0.717, 1.165) is 58.8 Å². The van der Waals surface area contributed by atoms with Crippen LogP contribution in [0.1, 0.15) is 53.0 Å². The number of hydrogen-bond acceptors (Lipinski definition) is 28. The molecule has 15 aromatic rings. The minimum absolute atomic E-state index is 0.243. The van der Waals surface area contributed by atoms with Crippen LogP contribution in [0.3, 0.4) is 0 Å². The molecule has 5 unspecified atom stereocenters. The first kappa shape index (κ1) is 87.0. The molecular weight excluding hydrogens is 1670 g/mol. The molecule has 10 aromatic heterocycles. The molecular formula is C75H66F4N24O12S5. The van der Waals surface area contributed by atoms with Crippen molar-refractivity contribution in [3.8, 4) is 34.5 Å². The van der Waals surface area contributed by atoms with Gasteiger partial charge in [0.1, 0.15) is 60.7 Å². The lowest BCUT2D eigenvalue weighted by Crippen LogP contribution is -2.25. The van der Waals surface area contributed by atoms with E-state index in [1.54, 1.807) is 87.5 Å². The number of fused-ring (bicyclic) bond motifs is 5. The number of H-pyrrole nitrogens is 5. The van der Waals surface area contributed by atoms with Gasteiger partial charge in [-0.2, -0.15) is 30.8 Å². The Morgan fingerprint density at radius 3 is 0.908 bits per heavy atom. The van der Waals surface area contributed by atoms with Crippen LogP contribution in [0, 0.1) is 34.6 Å². The highest BCUT2D eigenvalue weighted by atomic mass is 32.2. The number of carbonyl (C=O) groups excluding carboxylic acids is 5. The van der Waals surface area contributed by atoms with Gasteiger partial charge in [-0.05, 0) is 131 Å². The van der Waals surface area contributed by atoms with Crippen molar-refractivity contribution in [1.82, 2.24) is 98.7 Å². The summed E-state index contributed by atoms with van der Waals surface area (Å²) in [6.07, 6.45) is 7.91. The fourth-order valence-electron chi connectivity index (χ4n) is 10.7. The molecule has 0 aliphatic rings. The highest BCUT2D eigenvalue weighted by molar-refractivity contribution is 8.01. The fourth-order valence-corrected chi connectivity index (χ4v) is 14.8. The number of carbonyl (C=O) groups is 5. The van der Waals surface area contributed by atoms with Crippen LogP contribution in [0.2, 0.25) is 0 Å². The van der Waals surface area contributed by atoms with Gasteiger partial charge in [-0.15, -0.1) is 0 Å². The number of benzene rings is 5. The number of nitrogens with two attached hydrogens (primary N) is 3. The molecule has 0 saturated heterocycles. The quantitative estimate of drug-likeness (QED) is 0.0138. The summed E-state index contributed by atoms with van der Waals surface area (Å²) in [6.45, 7) is 8.54. The molecule has 0 aliphatic heterocycles. The maximum Gasteiger partial charge on any atom is 0.319 e. The number of methoxy groups -OCH3 is 2. The first-order valence-corrected chi connectivity index (χ1v) is 39.7. The van der Waals surface area contributed by atoms with Gasteiger partial charge in [0.2, 0.25) is 17.7 Å². The largest absolute Gasteiger partial charge is 0.468 e. The number of nitriles is 1. The summed E-state index contributed by atoms with van der Waals surface area (Å²) in [5, 5.41) is 29.6. The Hall–Kier alpha value is -13.8. The smallest absolute Gasteiger partial charge is 0.319 e. The molecule has 120 heavy (non-hydrogen) atoms. The predicted octanol–water partition coefficient (Wildman–Crippen LogP) is 7.96. The van der Waals surface area contributed by atoms with E-state index in [-0.39, 0.29) is 92.2 Å². The standard InChI is InChI=1S/C16H15FN4O3S.C15H14FN5O2S.C15H13FN4O3S.C15H12N6O2S.C14H12FN5O2S/c1-3-12(15(23)24-2)25-16-19-13-11(14(22)20-16)8-18-21(13)10-6-4-5-9(17)7-10;1-2-11(12(17)22)24-15-19-13-10(14(23)20-15)7-18-21(13)9-5-3-4-8(16)6-9;1-8(14(22)23-2)24-15-18-12-11(13(21)19-15)7-17-20(12)10-5-3-4-9(16)6-10;1-8(12(17)22)24-15-19-13-11(14(23)20-15)7-18-21(13)10-4-2-9(6-16)3-5-10;1-7(11(16)21)23-14-18-12-10(13(22)19-14)6-17-20(12)9-4-2-3-8(15)5-9/h4-8,12H,3H2,1-2H3,(H,19,20,22);3-7,11H,2H2,1H3,(H2,17,22)(H,19,20,23);3-8H,1-2H3,(H,18,19,21);2-5,7-8H,1H3,(H2,17,22)(H,19,20,23);2-7H,1H3,(H2,16,21)(H,18,19,22). The van der Waals surface area contributed by atoms with Gasteiger partial charge in [0.15, 0.2) is 54.0 Å². The Kier molecular flexibility index (Phi) is 28.2. The molecule has 0 aliphatic carbocycles. The number of nitrogens with zero attached hydrogens (tertiary/aromatic N) is 16. The van der Waals surface area contributed by atoms with Gasteiger partial charge < -0.3 is 51.6 Å². The first-order valence-electron chi connectivity index (χ1n) is 35.3. The van der Waals surface area contributed by atoms with Gasteiger partial charge in [-0.3, -0.25) is 47.9 Å². The maximum atomic E-state index is 13.5. The third kappa shape index (κ3) is 20.7. The molecule has 5 aromatic carbocycles. The number of aromatic nitrogens is 20. The van der Waals surface area contributed by atoms with E-state index in [4.69, 9.17) is 27.2 Å². The molecule has 5 atom stereocenters. The molecule has 3 amide bonds. The molecule has 11 N–H and O–H groups in total. The lowest BCUT2D eigenvalue weighted by Gasteiger charge is -2.11. The number of halogens is 4. The summed E-state index contributed by atoms with van der Waals surface area (Å²) in [6, 6.07) is 32.0. The van der Waals surface area contributed by atoms with E-state index in [1.165, 1.54) is 123 Å². The number of aromatic amines is 5. The third-order valence-electron chi connectivity index (χ3n) is 16.8. The molecule has 0 radical (unpaired) electrons. The van der Waals surface area contributed by atoms with E-state index < -0.39 is 84.7 Å². The molecule has 616 valence electrons. The van der Waals surface area contributed by atoms with E-state index in [1.807, 2.05) is 19.9 Å². The normalized spacial score (nSPS) is 12.3. The zero-order valence-electron chi connectivity index (χ0n) is 63.6. The van der Waals surface area contributed by atoms with Crippen LogP contribution in [0.15, 0.2) is 202 Å². The van der Waals surface area contributed by atoms with Crippen LogP contribution in [0.25, 0.3) is 83.6 Å². The Labute approximate surface area is 692 Å². The molecule has 0 spiro atoms. The molecule has 0 fully saturated rings. The summed E-state index contributed by atoms with van der Waals surface area (Å²) in [4.78, 5) is 153. The molecule has 45 heteroatoms. The molecule has 36 nitrogen and oxygen atoms in total. The van der Waals surface area contributed by atoms with Crippen molar-refractivity contribution in [2.45, 2.75) is 99.5 Å². The highest BCUT2D eigenvalue weighted by Crippen LogP contribution is 2.29. The average molecular weight is 1730 g/mol. The van der Waals surface area contributed by atoms with E-state index in [0.29, 0.717) is 57.9 Å². The second-order valence-corrected chi connectivity index (χ2v) is 31.3. The number of ether oxygens (including phenoxy) is 2. The zero-order valence-corrected chi connectivity index (χ0v) is 67.7. The SMILES string of the molecule is CC(Sc1nc2c(cnn2-c2ccc(C#N)cc2)c(=O)[nH]1)C(N)=O.CC(Sc1nc2c(cnn2-c2cccc(F)c2)c(=O)[nH]1)C(N)=O.CCC(Sc1nc2c(cnn2-c2cccc(F)c2)c(=O)[nH]1)C(=O)OC.CCC(Sc1nc2c(cnn2-c2cccc(F)c2)c(=O)[nH]1)C(N)=O.COC(=O)C(C)Sc1nc2c(cnn2-c2cccc(F)c2)c(=O)[nH]1. The number of rotatable bonds is 22. The van der Waals surface area contributed by atoms with Crippen molar-refractivity contribution in [2.75, 3.05) is 14.2 Å². The van der Waals surface area contributed by atoms with E-state index in [2.05, 4.69) is 80.1 Å². The van der Waals surface area contributed by atoms with Crippen LogP contribution in [0.4, 0.5) is 17.6 Å². The summed E-state index contributed by atoms with van der Waals surface area (Å²) < 4.78 is 70.2. The maximum absolute atomic E-state index is 13.5. The van der Waals surface area contributed by atoms with Crippen molar-refractivity contribution in [2.24, 2.45) is 17.2 Å². The van der Waals surface area contributed by atoms with Gasteiger partial charge in [0.05, 0.1) is 101 Å². The Bertz CT molecular complexity index is 6740. The monoisotopic (exact) mass is 1730 g/mol. The summed E-state index contributed by atoms with van der Waals surface area (Å²) >= 11 is 5.35. The van der Waals surface area contributed by atoms with Crippen LogP contribution in [-0.4, -0.2) is 169 Å². The van der Waals surface area contributed by atoms with Gasteiger partial charge in [0.25, 0.3) is 27.8 Å².